The van der Waals surface area contributed by atoms with Gasteiger partial charge in [-0.3, -0.25) is 4.79 Å². The van der Waals surface area contributed by atoms with Gasteiger partial charge in [0.2, 0.25) is 5.91 Å². The van der Waals surface area contributed by atoms with Crippen molar-refractivity contribution in [3.05, 3.63) is 63.0 Å². The Kier molecular flexibility index (Phi) is 6.56. The SMILES string of the molecule is CC(C)=CC(=O)Nc1scc(-c2ccccc2)c1C(=O)OCc1nnsc1Cl. The molecule has 0 aliphatic heterocycles. The van der Waals surface area contributed by atoms with Crippen LogP contribution in [0.4, 0.5) is 5.00 Å². The molecule has 28 heavy (non-hydrogen) atoms. The quantitative estimate of drug-likeness (QED) is 0.427. The highest BCUT2D eigenvalue weighted by atomic mass is 35.5. The van der Waals surface area contributed by atoms with Crippen molar-refractivity contribution in [2.75, 3.05) is 5.32 Å². The lowest BCUT2D eigenvalue weighted by atomic mass is 10.0. The molecule has 1 aromatic carbocycles. The van der Waals surface area contributed by atoms with Gasteiger partial charge in [-0.05, 0) is 19.4 Å². The Morgan fingerprint density at radius 1 is 1.25 bits per heavy atom. The Morgan fingerprint density at radius 2 is 2.00 bits per heavy atom. The van der Waals surface area contributed by atoms with E-state index in [2.05, 4.69) is 14.9 Å². The molecule has 2 heterocycles. The standard InChI is InChI=1S/C19H16ClN3O3S2/c1-11(2)8-15(24)21-18-16(13(10-27-18)12-6-4-3-5-7-12)19(25)26-9-14-17(20)28-23-22-14/h3-8,10H,9H2,1-2H3,(H,21,24). The maximum absolute atomic E-state index is 12.9. The van der Waals surface area contributed by atoms with E-state index in [0.717, 1.165) is 22.7 Å². The molecule has 0 unspecified atom stereocenters. The van der Waals surface area contributed by atoms with Crippen molar-refractivity contribution >= 4 is 51.3 Å². The van der Waals surface area contributed by atoms with Gasteiger partial charge < -0.3 is 10.1 Å². The van der Waals surface area contributed by atoms with Crippen molar-refractivity contribution in [2.24, 2.45) is 0 Å². The zero-order valence-electron chi connectivity index (χ0n) is 15.1. The highest BCUT2D eigenvalue weighted by molar-refractivity contribution is 7.15. The van der Waals surface area contributed by atoms with Gasteiger partial charge in [0.05, 0.1) is 0 Å². The number of hydrogen-bond donors (Lipinski definition) is 1. The topological polar surface area (TPSA) is 81.2 Å². The normalized spacial score (nSPS) is 10.4. The van der Waals surface area contributed by atoms with Crippen molar-refractivity contribution in [2.45, 2.75) is 20.5 Å². The van der Waals surface area contributed by atoms with Crippen LogP contribution in [0.2, 0.25) is 4.34 Å². The summed E-state index contributed by atoms with van der Waals surface area (Å²) in [6.07, 6.45) is 1.47. The van der Waals surface area contributed by atoms with Crippen LogP contribution >= 0.6 is 34.5 Å². The van der Waals surface area contributed by atoms with E-state index < -0.39 is 5.97 Å². The molecule has 0 saturated heterocycles. The lowest BCUT2D eigenvalue weighted by molar-refractivity contribution is -0.111. The predicted octanol–water partition coefficient (Wildman–Crippen LogP) is 5.18. The van der Waals surface area contributed by atoms with Gasteiger partial charge in [0.1, 0.15) is 27.2 Å². The minimum absolute atomic E-state index is 0.0976. The molecule has 3 rings (SSSR count). The van der Waals surface area contributed by atoms with Gasteiger partial charge in [0.15, 0.2) is 0 Å². The average molecular weight is 434 g/mol. The van der Waals surface area contributed by atoms with Gasteiger partial charge in [-0.1, -0.05) is 52.0 Å². The summed E-state index contributed by atoms with van der Waals surface area (Å²) in [7, 11) is 0. The first-order valence-corrected chi connectivity index (χ1v) is 10.3. The summed E-state index contributed by atoms with van der Waals surface area (Å²) < 4.78 is 9.49. The summed E-state index contributed by atoms with van der Waals surface area (Å²) in [4.78, 5) is 25.0. The molecular weight excluding hydrogens is 418 g/mol. The van der Waals surface area contributed by atoms with Crippen LogP contribution in [-0.4, -0.2) is 21.5 Å². The van der Waals surface area contributed by atoms with Crippen LogP contribution in [-0.2, 0) is 16.1 Å². The van der Waals surface area contributed by atoms with E-state index in [1.807, 2.05) is 49.6 Å². The minimum atomic E-state index is -0.573. The Bertz CT molecular complexity index is 1020. The fraction of sp³-hybridized carbons (Fsp3) is 0.158. The Hall–Kier alpha value is -2.55. The van der Waals surface area contributed by atoms with Crippen molar-refractivity contribution in [3.8, 4) is 11.1 Å². The third-order valence-electron chi connectivity index (χ3n) is 3.59. The van der Waals surface area contributed by atoms with E-state index in [1.165, 1.54) is 17.4 Å². The fourth-order valence-electron chi connectivity index (χ4n) is 2.38. The van der Waals surface area contributed by atoms with E-state index in [1.54, 1.807) is 0 Å². The lowest BCUT2D eigenvalue weighted by Crippen LogP contribution is -2.13. The summed E-state index contributed by atoms with van der Waals surface area (Å²) in [5.74, 6) is -0.876. The second-order valence-corrected chi connectivity index (χ2v) is 8.24. The number of rotatable bonds is 6. The van der Waals surface area contributed by atoms with Gasteiger partial charge in [-0.15, -0.1) is 16.4 Å². The molecule has 0 aliphatic rings. The smallest absolute Gasteiger partial charge is 0.342 e. The number of nitrogens with one attached hydrogen (secondary N) is 1. The van der Waals surface area contributed by atoms with Crippen LogP contribution < -0.4 is 5.32 Å². The van der Waals surface area contributed by atoms with E-state index in [-0.39, 0.29) is 12.5 Å². The second kappa shape index (κ2) is 9.09. The van der Waals surface area contributed by atoms with Gasteiger partial charge >= 0.3 is 5.97 Å². The highest BCUT2D eigenvalue weighted by Gasteiger charge is 2.23. The van der Waals surface area contributed by atoms with E-state index in [0.29, 0.717) is 26.2 Å². The maximum atomic E-state index is 12.9. The van der Waals surface area contributed by atoms with E-state index in [9.17, 15) is 9.59 Å². The molecule has 6 nitrogen and oxygen atoms in total. The Labute approximate surface area is 175 Å². The molecule has 144 valence electrons. The molecular formula is C19H16ClN3O3S2. The number of carbonyl (C=O) groups excluding carboxylic acids is 2. The number of nitrogens with zero attached hydrogens (tertiary/aromatic N) is 2. The maximum Gasteiger partial charge on any atom is 0.342 e. The number of allylic oxidation sites excluding steroid dienone is 1. The molecule has 0 radical (unpaired) electrons. The molecule has 1 amide bonds. The number of carbonyl (C=O) groups is 2. The summed E-state index contributed by atoms with van der Waals surface area (Å²) in [6, 6.07) is 9.43. The zero-order chi connectivity index (χ0) is 20.1. The van der Waals surface area contributed by atoms with Crippen molar-refractivity contribution < 1.29 is 14.3 Å². The molecule has 1 N–H and O–H groups in total. The number of halogens is 1. The van der Waals surface area contributed by atoms with Crippen LogP contribution in [0.5, 0.6) is 0 Å². The van der Waals surface area contributed by atoms with Crippen LogP contribution in [0.3, 0.4) is 0 Å². The first-order chi connectivity index (χ1) is 13.5. The number of benzene rings is 1. The lowest BCUT2D eigenvalue weighted by Gasteiger charge is -2.08. The minimum Gasteiger partial charge on any atom is -0.455 e. The number of esters is 1. The third kappa shape index (κ3) is 4.83. The Balaban J connectivity index is 1.91. The third-order valence-corrected chi connectivity index (χ3v) is 5.47. The number of thiophene rings is 1. The molecule has 3 aromatic rings. The monoisotopic (exact) mass is 433 g/mol. The van der Waals surface area contributed by atoms with Crippen LogP contribution in [0.25, 0.3) is 11.1 Å². The van der Waals surface area contributed by atoms with Crippen LogP contribution in [0, 0.1) is 0 Å². The molecule has 2 aromatic heterocycles. The van der Waals surface area contributed by atoms with E-state index in [4.69, 9.17) is 16.3 Å². The van der Waals surface area contributed by atoms with Gasteiger partial charge in [-0.25, -0.2) is 4.79 Å². The molecule has 0 aliphatic carbocycles. The molecule has 0 atom stereocenters. The summed E-state index contributed by atoms with van der Waals surface area (Å²) in [5.41, 5.74) is 3.08. The first-order valence-electron chi connectivity index (χ1n) is 8.22. The summed E-state index contributed by atoms with van der Waals surface area (Å²) in [6.45, 7) is 3.55. The molecule has 0 bridgehead atoms. The van der Waals surface area contributed by atoms with Crippen molar-refractivity contribution in [1.29, 1.82) is 0 Å². The Morgan fingerprint density at radius 3 is 2.64 bits per heavy atom. The predicted molar refractivity (Wildman–Crippen MR) is 112 cm³/mol. The summed E-state index contributed by atoms with van der Waals surface area (Å²) in [5, 5.41) is 8.85. The van der Waals surface area contributed by atoms with Gasteiger partial charge in [-0.2, -0.15) is 0 Å². The van der Waals surface area contributed by atoms with Crippen LogP contribution in [0.15, 0.2) is 47.4 Å². The molecule has 0 spiro atoms. The average Bonchev–Trinajstić information content (AvgIpc) is 3.26. The summed E-state index contributed by atoms with van der Waals surface area (Å²) >= 11 is 8.25. The largest absolute Gasteiger partial charge is 0.455 e. The van der Waals surface area contributed by atoms with Crippen molar-refractivity contribution in [1.82, 2.24) is 9.59 Å². The number of aromatic nitrogens is 2. The molecule has 0 fully saturated rings. The van der Waals surface area contributed by atoms with Crippen molar-refractivity contribution in [3.63, 3.8) is 0 Å². The number of amides is 1. The van der Waals surface area contributed by atoms with Gasteiger partial charge in [0.25, 0.3) is 0 Å². The first kappa shape index (κ1) is 20.2. The van der Waals surface area contributed by atoms with Crippen LogP contribution in [0.1, 0.15) is 29.9 Å². The zero-order valence-corrected chi connectivity index (χ0v) is 17.5. The molecule has 9 heteroatoms. The molecule has 0 saturated carbocycles. The van der Waals surface area contributed by atoms with E-state index >= 15 is 0 Å². The number of hydrogen-bond acceptors (Lipinski definition) is 7. The second-order valence-electron chi connectivity index (χ2n) is 6.00. The number of ether oxygens (including phenoxy) is 1. The van der Waals surface area contributed by atoms with Gasteiger partial charge in [0, 0.05) is 28.6 Å². The number of anilines is 1. The fourth-order valence-corrected chi connectivity index (χ4v) is 3.94. The highest BCUT2D eigenvalue weighted by Crippen LogP contribution is 2.36.